The predicted molar refractivity (Wildman–Crippen MR) is 130 cm³/mol. The van der Waals surface area contributed by atoms with Gasteiger partial charge in [0.2, 0.25) is 5.91 Å². The highest BCUT2D eigenvalue weighted by Crippen LogP contribution is 2.40. The Bertz CT molecular complexity index is 1250. The molecule has 0 spiro atoms. The summed E-state index contributed by atoms with van der Waals surface area (Å²) in [5, 5.41) is 4.86. The smallest absolute Gasteiger partial charge is 0.348 e. The molecule has 0 radical (unpaired) electrons. The molecule has 1 amide bonds. The summed E-state index contributed by atoms with van der Waals surface area (Å²) in [6, 6.07) is 0. The molecule has 1 atom stereocenters. The number of hydrogen-bond acceptors (Lipinski definition) is 10. The second-order valence-corrected chi connectivity index (χ2v) is 10.9. The molecule has 174 valence electrons. The molecule has 0 saturated heterocycles. The summed E-state index contributed by atoms with van der Waals surface area (Å²) in [5.74, 6) is -0.755. The third-order valence-electron chi connectivity index (χ3n) is 5.56. The molecule has 4 rings (SSSR count). The number of rotatable bonds is 6. The minimum Gasteiger partial charge on any atom is -0.465 e. The van der Waals surface area contributed by atoms with Gasteiger partial charge in [0, 0.05) is 10.3 Å². The lowest BCUT2D eigenvalue weighted by atomic mass is 9.89. The van der Waals surface area contributed by atoms with Crippen molar-refractivity contribution in [1.29, 1.82) is 0 Å². The molecule has 11 heteroatoms. The van der Waals surface area contributed by atoms with Gasteiger partial charge in [-0.25, -0.2) is 19.6 Å². The summed E-state index contributed by atoms with van der Waals surface area (Å²) in [7, 11) is 2.52. The van der Waals surface area contributed by atoms with E-state index in [-0.39, 0.29) is 27.1 Å². The molecular weight excluding hydrogens is 482 g/mol. The first-order chi connectivity index (χ1) is 15.8. The SMILES string of the molecule is COC(=O)c1sc(NC(=O)CSc2ncnc3sc4c(c23)CC[C@H](C)C4)c(C(=O)OC)c1C. The minimum atomic E-state index is -0.626. The number of anilines is 1. The minimum absolute atomic E-state index is 0.0955. The molecule has 1 N–H and O–H groups in total. The van der Waals surface area contributed by atoms with E-state index in [0.29, 0.717) is 11.5 Å². The van der Waals surface area contributed by atoms with Crippen LogP contribution in [0, 0.1) is 12.8 Å². The molecular formula is C22H23N3O5S3. The number of aryl methyl sites for hydroxylation is 1. The molecule has 1 aliphatic carbocycles. The summed E-state index contributed by atoms with van der Waals surface area (Å²) in [4.78, 5) is 48.6. The van der Waals surface area contributed by atoms with Crippen molar-refractivity contribution < 1.29 is 23.9 Å². The Labute approximate surface area is 203 Å². The topological polar surface area (TPSA) is 107 Å². The average Bonchev–Trinajstić information content (AvgIpc) is 3.33. The monoisotopic (exact) mass is 505 g/mol. The number of esters is 2. The quantitative estimate of drug-likeness (QED) is 0.297. The summed E-state index contributed by atoms with van der Waals surface area (Å²) < 4.78 is 9.62. The molecule has 0 fully saturated rings. The standard InChI is InChI=1S/C22H23N3O5S3/c1-10-5-6-12-13(7-10)32-19-16(12)18(23-9-24-19)31-8-14(26)25-20-15(21(27)29-3)11(2)17(33-20)22(28)30-4/h9-10H,5-8H2,1-4H3,(H,25,26)/t10-/m0/s1. The maximum atomic E-state index is 12.8. The van der Waals surface area contributed by atoms with Gasteiger partial charge in [-0.2, -0.15) is 0 Å². The van der Waals surface area contributed by atoms with Crippen LogP contribution < -0.4 is 5.32 Å². The van der Waals surface area contributed by atoms with Gasteiger partial charge in [0.15, 0.2) is 0 Å². The van der Waals surface area contributed by atoms with Crippen molar-refractivity contribution >= 4 is 67.5 Å². The van der Waals surface area contributed by atoms with Gasteiger partial charge in [-0.3, -0.25) is 4.79 Å². The van der Waals surface area contributed by atoms with Crippen molar-refractivity contribution in [1.82, 2.24) is 9.97 Å². The molecule has 33 heavy (non-hydrogen) atoms. The lowest BCUT2D eigenvalue weighted by Gasteiger charge is -2.18. The van der Waals surface area contributed by atoms with Crippen LogP contribution in [-0.2, 0) is 27.1 Å². The van der Waals surface area contributed by atoms with Crippen molar-refractivity contribution in [2.24, 2.45) is 5.92 Å². The Morgan fingerprint density at radius 2 is 1.94 bits per heavy atom. The zero-order valence-electron chi connectivity index (χ0n) is 18.6. The van der Waals surface area contributed by atoms with E-state index >= 15 is 0 Å². The van der Waals surface area contributed by atoms with E-state index < -0.39 is 11.9 Å². The van der Waals surface area contributed by atoms with Gasteiger partial charge in [-0.15, -0.1) is 22.7 Å². The van der Waals surface area contributed by atoms with Crippen LogP contribution in [0.1, 0.15) is 49.4 Å². The fourth-order valence-electron chi connectivity index (χ4n) is 3.89. The van der Waals surface area contributed by atoms with Crippen LogP contribution in [-0.4, -0.2) is 47.8 Å². The highest BCUT2D eigenvalue weighted by Gasteiger charge is 2.27. The Morgan fingerprint density at radius 3 is 2.67 bits per heavy atom. The number of thioether (sulfide) groups is 1. The van der Waals surface area contributed by atoms with Gasteiger partial charge in [-0.1, -0.05) is 18.7 Å². The molecule has 3 aromatic rings. The number of nitrogens with zero attached hydrogens (tertiary/aromatic N) is 2. The lowest BCUT2D eigenvalue weighted by Crippen LogP contribution is -2.16. The first-order valence-electron chi connectivity index (χ1n) is 10.3. The van der Waals surface area contributed by atoms with Gasteiger partial charge in [0.05, 0.1) is 25.5 Å². The maximum Gasteiger partial charge on any atom is 0.348 e. The van der Waals surface area contributed by atoms with Crippen LogP contribution >= 0.6 is 34.4 Å². The molecule has 3 aromatic heterocycles. The Hall–Kier alpha value is -2.50. The lowest BCUT2D eigenvalue weighted by molar-refractivity contribution is -0.113. The average molecular weight is 506 g/mol. The van der Waals surface area contributed by atoms with E-state index in [9.17, 15) is 14.4 Å². The number of amides is 1. The number of carbonyl (C=O) groups is 3. The molecule has 1 aliphatic rings. The third kappa shape index (κ3) is 4.62. The van der Waals surface area contributed by atoms with Gasteiger partial charge < -0.3 is 14.8 Å². The van der Waals surface area contributed by atoms with Crippen LogP contribution in [0.25, 0.3) is 10.2 Å². The van der Waals surface area contributed by atoms with Crippen LogP contribution in [0.15, 0.2) is 11.4 Å². The Balaban J connectivity index is 1.55. The van der Waals surface area contributed by atoms with Gasteiger partial charge >= 0.3 is 11.9 Å². The molecule has 8 nitrogen and oxygen atoms in total. The summed E-state index contributed by atoms with van der Waals surface area (Å²) in [6.07, 6.45) is 4.72. The number of fused-ring (bicyclic) bond motifs is 3. The van der Waals surface area contributed by atoms with Crippen molar-refractivity contribution in [3.63, 3.8) is 0 Å². The first kappa shape index (κ1) is 23.7. The van der Waals surface area contributed by atoms with Crippen LogP contribution in [0.2, 0.25) is 0 Å². The first-order valence-corrected chi connectivity index (χ1v) is 12.9. The number of nitrogens with one attached hydrogen (secondary N) is 1. The van der Waals surface area contributed by atoms with Gasteiger partial charge in [-0.05, 0) is 43.2 Å². The zero-order valence-corrected chi connectivity index (χ0v) is 21.1. The molecule has 0 saturated carbocycles. The van der Waals surface area contributed by atoms with E-state index in [4.69, 9.17) is 9.47 Å². The fourth-order valence-corrected chi connectivity index (χ4v) is 7.26. The number of aromatic nitrogens is 2. The van der Waals surface area contributed by atoms with E-state index in [1.54, 1.807) is 18.3 Å². The van der Waals surface area contributed by atoms with Gasteiger partial charge in [0.25, 0.3) is 0 Å². The van der Waals surface area contributed by atoms with E-state index in [0.717, 1.165) is 45.8 Å². The molecule has 0 aliphatic heterocycles. The van der Waals surface area contributed by atoms with Crippen molar-refractivity contribution in [2.75, 3.05) is 25.3 Å². The Morgan fingerprint density at radius 1 is 1.18 bits per heavy atom. The summed E-state index contributed by atoms with van der Waals surface area (Å²) in [6.45, 7) is 3.89. The van der Waals surface area contributed by atoms with Crippen molar-refractivity contribution in [2.45, 2.75) is 38.1 Å². The number of thiophene rings is 2. The summed E-state index contributed by atoms with van der Waals surface area (Å²) in [5.41, 5.74) is 1.88. The third-order valence-corrected chi connectivity index (χ3v) is 8.90. The number of carbonyl (C=O) groups excluding carboxylic acids is 3. The number of ether oxygens (including phenoxy) is 2. The zero-order chi connectivity index (χ0) is 23.7. The molecule has 3 heterocycles. The highest BCUT2D eigenvalue weighted by molar-refractivity contribution is 8.00. The second-order valence-electron chi connectivity index (χ2n) is 7.79. The van der Waals surface area contributed by atoms with E-state index in [1.807, 2.05) is 0 Å². The number of hydrogen-bond donors (Lipinski definition) is 1. The highest BCUT2D eigenvalue weighted by atomic mass is 32.2. The number of methoxy groups -OCH3 is 2. The van der Waals surface area contributed by atoms with E-state index in [1.165, 1.54) is 42.7 Å². The van der Waals surface area contributed by atoms with Crippen LogP contribution in [0.5, 0.6) is 0 Å². The molecule has 0 bridgehead atoms. The fraction of sp³-hybridized carbons (Fsp3) is 0.409. The van der Waals surface area contributed by atoms with Gasteiger partial charge in [0.1, 0.15) is 26.1 Å². The van der Waals surface area contributed by atoms with E-state index in [2.05, 4.69) is 22.2 Å². The van der Waals surface area contributed by atoms with Crippen molar-refractivity contribution in [3.05, 3.63) is 32.8 Å². The summed E-state index contributed by atoms with van der Waals surface area (Å²) >= 11 is 4.05. The van der Waals surface area contributed by atoms with Crippen LogP contribution in [0.4, 0.5) is 5.00 Å². The predicted octanol–water partition coefficient (Wildman–Crippen LogP) is 4.49. The molecule has 0 aromatic carbocycles. The largest absolute Gasteiger partial charge is 0.465 e. The second kappa shape index (κ2) is 9.78. The van der Waals surface area contributed by atoms with Crippen LogP contribution in [0.3, 0.4) is 0 Å². The Kier molecular flexibility index (Phi) is 7.01. The normalized spacial score (nSPS) is 15.2. The van der Waals surface area contributed by atoms with Crippen molar-refractivity contribution in [3.8, 4) is 0 Å². The maximum absolute atomic E-state index is 12.8. The molecule has 0 unspecified atom stereocenters.